The minimum Gasteiger partial charge on any atom is -0.384 e. The third-order valence-electron chi connectivity index (χ3n) is 2.51. The van der Waals surface area contributed by atoms with Gasteiger partial charge in [-0.15, -0.1) is 0 Å². The van der Waals surface area contributed by atoms with Crippen molar-refractivity contribution in [2.45, 2.75) is 29.5 Å². The lowest BCUT2D eigenvalue weighted by atomic mass is 10.2. The third kappa shape index (κ3) is 3.54. The second kappa shape index (κ2) is 6.31. The van der Waals surface area contributed by atoms with Gasteiger partial charge < -0.3 is 4.74 Å². The third-order valence-corrected chi connectivity index (χ3v) is 4.47. The number of aryl methyl sites for hydroxylation is 2. The highest BCUT2D eigenvalue weighted by atomic mass is 32.2. The molecule has 0 spiro atoms. The van der Waals surface area contributed by atoms with Crippen LogP contribution in [0.1, 0.15) is 17.0 Å². The summed E-state index contributed by atoms with van der Waals surface area (Å²) in [7, 11) is 1.69. The molecule has 18 heavy (non-hydrogen) atoms. The highest BCUT2D eigenvalue weighted by molar-refractivity contribution is 8.01. The van der Waals surface area contributed by atoms with Crippen molar-refractivity contribution in [3.8, 4) is 0 Å². The first-order valence-corrected chi connectivity index (χ1v) is 7.34. The van der Waals surface area contributed by atoms with Crippen molar-refractivity contribution in [2.24, 2.45) is 0 Å². The summed E-state index contributed by atoms with van der Waals surface area (Å²) in [6.07, 6.45) is 0.778. The summed E-state index contributed by atoms with van der Waals surface area (Å²) in [4.78, 5) is 5.74. The Hall–Kier alpha value is -0.910. The second-order valence-electron chi connectivity index (χ2n) is 4.09. The normalized spacial score (nSPS) is 10.8. The minimum absolute atomic E-state index is 0.671. The molecule has 1 aromatic heterocycles. The predicted octanol–water partition coefficient (Wildman–Crippen LogP) is 3.50. The maximum Gasteiger partial charge on any atom is 0.174 e. The molecule has 0 aliphatic heterocycles. The second-order valence-corrected chi connectivity index (χ2v) is 6.13. The molecular weight excluding hydrogens is 264 g/mol. The zero-order valence-corrected chi connectivity index (χ0v) is 12.4. The topological polar surface area (TPSA) is 35.0 Å². The Balaban J connectivity index is 2.06. The van der Waals surface area contributed by atoms with E-state index in [-0.39, 0.29) is 0 Å². The van der Waals surface area contributed by atoms with Gasteiger partial charge in [-0.05, 0) is 37.0 Å². The number of ether oxygens (including phenoxy) is 1. The lowest BCUT2D eigenvalue weighted by molar-refractivity contribution is 0.200. The summed E-state index contributed by atoms with van der Waals surface area (Å²) in [5.74, 6) is 0.870. The number of benzene rings is 1. The van der Waals surface area contributed by atoms with Crippen LogP contribution in [0, 0.1) is 13.8 Å². The molecule has 0 fully saturated rings. The van der Waals surface area contributed by atoms with Crippen molar-refractivity contribution >= 4 is 23.3 Å². The molecule has 1 heterocycles. The number of aromatic nitrogens is 2. The van der Waals surface area contributed by atoms with E-state index >= 15 is 0 Å². The van der Waals surface area contributed by atoms with E-state index in [1.165, 1.54) is 27.6 Å². The summed E-state index contributed by atoms with van der Waals surface area (Å²) in [6.45, 7) is 4.90. The number of hydrogen-bond acceptors (Lipinski definition) is 5. The van der Waals surface area contributed by atoms with Crippen LogP contribution < -0.4 is 0 Å². The molecule has 0 saturated heterocycles. The van der Waals surface area contributed by atoms with E-state index in [0.717, 1.165) is 16.6 Å². The minimum atomic E-state index is 0.671. The van der Waals surface area contributed by atoms with E-state index in [2.05, 4.69) is 41.4 Å². The first kappa shape index (κ1) is 13.5. The van der Waals surface area contributed by atoms with Crippen LogP contribution in [0.4, 0.5) is 0 Å². The monoisotopic (exact) mass is 280 g/mol. The zero-order valence-electron chi connectivity index (χ0n) is 10.8. The van der Waals surface area contributed by atoms with E-state index in [1.54, 1.807) is 18.9 Å². The van der Waals surface area contributed by atoms with Gasteiger partial charge in [-0.3, -0.25) is 0 Å². The van der Waals surface area contributed by atoms with Gasteiger partial charge in [0.05, 0.1) is 6.61 Å². The van der Waals surface area contributed by atoms with Crippen molar-refractivity contribution in [1.82, 2.24) is 9.36 Å². The highest BCUT2D eigenvalue weighted by Crippen LogP contribution is 2.31. The molecule has 1 aromatic carbocycles. The van der Waals surface area contributed by atoms with Gasteiger partial charge >= 0.3 is 0 Å². The Morgan fingerprint density at radius 1 is 1.33 bits per heavy atom. The van der Waals surface area contributed by atoms with E-state index in [4.69, 9.17) is 4.74 Å². The van der Waals surface area contributed by atoms with Gasteiger partial charge in [0.1, 0.15) is 5.82 Å². The zero-order chi connectivity index (χ0) is 13.0. The fourth-order valence-corrected chi connectivity index (χ4v) is 3.27. The molecule has 0 amide bonds. The molecule has 96 valence electrons. The van der Waals surface area contributed by atoms with Gasteiger partial charge in [0.2, 0.25) is 0 Å². The summed E-state index contributed by atoms with van der Waals surface area (Å²) >= 11 is 3.14. The predicted molar refractivity (Wildman–Crippen MR) is 75.5 cm³/mol. The van der Waals surface area contributed by atoms with Gasteiger partial charge in [0.25, 0.3) is 0 Å². The number of methoxy groups -OCH3 is 1. The van der Waals surface area contributed by atoms with Gasteiger partial charge in [0, 0.05) is 18.4 Å². The van der Waals surface area contributed by atoms with Crippen LogP contribution in [-0.2, 0) is 11.2 Å². The van der Waals surface area contributed by atoms with Crippen LogP contribution >= 0.6 is 23.3 Å². The first-order chi connectivity index (χ1) is 8.69. The fraction of sp³-hybridized carbons (Fsp3) is 0.385. The summed E-state index contributed by atoms with van der Waals surface area (Å²) in [6, 6.07) is 6.46. The first-order valence-electron chi connectivity index (χ1n) is 5.75. The highest BCUT2D eigenvalue weighted by Gasteiger charge is 2.07. The summed E-state index contributed by atoms with van der Waals surface area (Å²) in [5.41, 5.74) is 2.57. The van der Waals surface area contributed by atoms with Crippen molar-refractivity contribution in [3.63, 3.8) is 0 Å². The quantitative estimate of drug-likeness (QED) is 0.839. The molecule has 0 unspecified atom stereocenters. The molecule has 0 radical (unpaired) electrons. The standard InChI is InChI=1S/C13H16N2OS2/c1-9-4-5-11(10(2)8-9)17-13-14-12(15-18-13)6-7-16-3/h4-5,8H,6-7H2,1-3H3. The van der Waals surface area contributed by atoms with E-state index < -0.39 is 0 Å². The van der Waals surface area contributed by atoms with Crippen molar-refractivity contribution in [1.29, 1.82) is 0 Å². The Morgan fingerprint density at radius 2 is 2.17 bits per heavy atom. The SMILES string of the molecule is COCCc1nsc(Sc2ccc(C)cc2C)n1. The molecule has 0 N–H and O–H groups in total. The van der Waals surface area contributed by atoms with Crippen LogP contribution in [0.25, 0.3) is 0 Å². The molecule has 0 bridgehead atoms. The number of hydrogen-bond donors (Lipinski definition) is 0. The van der Waals surface area contributed by atoms with E-state index in [9.17, 15) is 0 Å². The Bertz CT molecular complexity index is 525. The maximum absolute atomic E-state index is 5.02. The smallest absolute Gasteiger partial charge is 0.174 e. The van der Waals surface area contributed by atoms with Gasteiger partial charge in [-0.1, -0.05) is 29.5 Å². The van der Waals surface area contributed by atoms with Crippen LogP contribution in [-0.4, -0.2) is 23.1 Å². The van der Waals surface area contributed by atoms with E-state index in [1.807, 2.05) is 0 Å². The Labute approximate surface area is 116 Å². The molecule has 2 aromatic rings. The number of rotatable bonds is 5. The average molecular weight is 280 g/mol. The molecular formula is C13H16N2OS2. The molecule has 0 atom stereocenters. The lowest BCUT2D eigenvalue weighted by Crippen LogP contribution is -1.95. The molecule has 0 aliphatic rings. The Kier molecular flexibility index (Phi) is 4.74. The van der Waals surface area contributed by atoms with Crippen LogP contribution in [0.2, 0.25) is 0 Å². The Morgan fingerprint density at radius 3 is 2.89 bits per heavy atom. The summed E-state index contributed by atoms with van der Waals surface area (Å²) < 4.78 is 10.3. The van der Waals surface area contributed by atoms with Gasteiger partial charge in [-0.2, -0.15) is 4.37 Å². The van der Waals surface area contributed by atoms with Crippen LogP contribution in [0.5, 0.6) is 0 Å². The van der Waals surface area contributed by atoms with Gasteiger partial charge in [-0.25, -0.2) is 4.98 Å². The largest absolute Gasteiger partial charge is 0.384 e. The van der Waals surface area contributed by atoms with Crippen molar-refractivity contribution < 1.29 is 4.74 Å². The fourth-order valence-electron chi connectivity index (χ4n) is 1.58. The van der Waals surface area contributed by atoms with Crippen LogP contribution in [0.3, 0.4) is 0 Å². The average Bonchev–Trinajstić information content (AvgIpc) is 2.78. The van der Waals surface area contributed by atoms with Crippen molar-refractivity contribution in [3.05, 3.63) is 35.2 Å². The van der Waals surface area contributed by atoms with Crippen molar-refractivity contribution in [2.75, 3.05) is 13.7 Å². The summed E-state index contributed by atoms with van der Waals surface area (Å²) in [5, 5.41) is 0. The molecule has 2 rings (SSSR count). The van der Waals surface area contributed by atoms with Gasteiger partial charge in [0.15, 0.2) is 4.34 Å². The molecule has 0 aliphatic carbocycles. The molecule has 0 saturated carbocycles. The molecule has 3 nitrogen and oxygen atoms in total. The van der Waals surface area contributed by atoms with E-state index in [0.29, 0.717) is 6.61 Å². The number of nitrogens with zero attached hydrogens (tertiary/aromatic N) is 2. The van der Waals surface area contributed by atoms with Crippen LogP contribution in [0.15, 0.2) is 27.4 Å². The lowest BCUT2D eigenvalue weighted by Gasteiger charge is -2.03. The molecule has 5 heteroatoms. The maximum atomic E-state index is 5.02.